The van der Waals surface area contributed by atoms with Crippen LogP contribution in [0.4, 0.5) is 4.39 Å². The van der Waals surface area contributed by atoms with Crippen molar-refractivity contribution in [3.63, 3.8) is 0 Å². The number of aliphatic hydroxyl groups excluding tert-OH is 1. The number of hydrogen-bond donors (Lipinski definition) is 1. The number of halogens is 1. The van der Waals surface area contributed by atoms with E-state index in [4.69, 9.17) is 4.74 Å². The van der Waals surface area contributed by atoms with Gasteiger partial charge in [0.15, 0.2) is 0 Å². The fourth-order valence-corrected chi connectivity index (χ4v) is 1.68. The lowest BCUT2D eigenvalue weighted by molar-refractivity contribution is -0.0243. The normalized spacial score (nSPS) is 27.0. The Morgan fingerprint density at radius 1 is 1.54 bits per heavy atom. The molecule has 1 aromatic carbocycles. The first-order chi connectivity index (χ1) is 6.20. The van der Waals surface area contributed by atoms with Crippen LogP contribution < -0.4 is 0 Å². The predicted molar refractivity (Wildman–Crippen MR) is 45.7 cm³/mol. The van der Waals surface area contributed by atoms with Gasteiger partial charge >= 0.3 is 0 Å². The van der Waals surface area contributed by atoms with Gasteiger partial charge in [0.25, 0.3) is 0 Å². The molecule has 2 rings (SSSR count). The number of benzene rings is 1. The molecule has 0 aromatic heterocycles. The van der Waals surface area contributed by atoms with Gasteiger partial charge in [0.1, 0.15) is 11.9 Å². The number of aliphatic hydroxyl groups is 1. The quantitative estimate of drug-likeness (QED) is 0.664. The van der Waals surface area contributed by atoms with E-state index in [1.54, 1.807) is 19.1 Å². The van der Waals surface area contributed by atoms with Gasteiger partial charge in [0.05, 0.1) is 12.7 Å². The smallest absolute Gasteiger partial charge is 0.129 e. The minimum absolute atomic E-state index is 0.248. The van der Waals surface area contributed by atoms with Gasteiger partial charge < -0.3 is 9.84 Å². The van der Waals surface area contributed by atoms with Crippen LogP contribution in [0.2, 0.25) is 0 Å². The van der Waals surface area contributed by atoms with Gasteiger partial charge in [0, 0.05) is 5.56 Å². The van der Waals surface area contributed by atoms with Crippen molar-refractivity contribution in [3.05, 3.63) is 35.1 Å². The van der Waals surface area contributed by atoms with Gasteiger partial charge in [0.2, 0.25) is 0 Å². The Kier molecular flexibility index (Phi) is 2.06. The highest BCUT2D eigenvalue weighted by Gasteiger charge is 2.26. The summed E-state index contributed by atoms with van der Waals surface area (Å²) in [7, 11) is 0. The third-order valence-corrected chi connectivity index (χ3v) is 2.36. The van der Waals surface area contributed by atoms with Gasteiger partial charge in [-0.2, -0.15) is 0 Å². The van der Waals surface area contributed by atoms with Crippen LogP contribution in [-0.2, 0) is 4.74 Å². The Hall–Kier alpha value is -0.930. The van der Waals surface area contributed by atoms with Crippen LogP contribution >= 0.6 is 0 Å². The first kappa shape index (κ1) is 8.66. The number of fused-ring (bicyclic) bond motifs is 1. The lowest BCUT2D eigenvalue weighted by Gasteiger charge is -2.27. The second-order valence-corrected chi connectivity index (χ2v) is 3.23. The molecule has 0 spiro atoms. The molecule has 1 heterocycles. The fourth-order valence-electron chi connectivity index (χ4n) is 1.68. The summed E-state index contributed by atoms with van der Waals surface area (Å²) in [4.78, 5) is 0. The van der Waals surface area contributed by atoms with Gasteiger partial charge in [-0.1, -0.05) is 12.1 Å². The van der Waals surface area contributed by atoms with E-state index in [0.717, 1.165) is 0 Å². The molecule has 3 heteroatoms. The molecule has 0 saturated heterocycles. The van der Waals surface area contributed by atoms with Crippen molar-refractivity contribution in [2.24, 2.45) is 0 Å². The van der Waals surface area contributed by atoms with E-state index in [2.05, 4.69) is 0 Å². The first-order valence-electron chi connectivity index (χ1n) is 4.28. The van der Waals surface area contributed by atoms with Crippen LogP contribution in [0.5, 0.6) is 0 Å². The molecule has 2 unspecified atom stereocenters. The number of ether oxygens (including phenoxy) is 1. The van der Waals surface area contributed by atoms with Crippen molar-refractivity contribution in [2.75, 3.05) is 6.61 Å². The molecule has 2 nitrogen and oxygen atoms in total. The zero-order valence-corrected chi connectivity index (χ0v) is 7.33. The van der Waals surface area contributed by atoms with Gasteiger partial charge in [-0.15, -0.1) is 0 Å². The SMILES string of the molecule is CC1OCC(O)c2cccc(F)c21. The third-order valence-electron chi connectivity index (χ3n) is 2.36. The molecule has 0 aliphatic carbocycles. The lowest BCUT2D eigenvalue weighted by atomic mass is 9.96. The Morgan fingerprint density at radius 3 is 3.00 bits per heavy atom. The largest absolute Gasteiger partial charge is 0.386 e. The van der Waals surface area contributed by atoms with Gasteiger partial charge in [-0.25, -0.2) is 4.39 Å². The lowest BCUT2D eigenvalue weighted by Crippen LogP contribution is -2.20. The summed E-state index contributed by atoms with van der Waals surface area (Å²) in [6, 6.07) is 4.73. The molecular weight excluding hydrogens is 171 g/mol. The molecule has 2 atom stereocenters. The zero-order chi connectivity index (χ0) is 9.42. The molecule has 13 heavy (non-hydrogen) atoms. The predicted octanol–water partition coefficient (Wildman–Crippen LogP) is 1.95. The summed E-state index contributed by atoms with van der Waals surface area (Å²) in [5, 5.41) is 9.51. The van der Waals surface area contributed by atoms with E-state index >= 15 is 0 Å². The monoisotopic (exact) mass is 182 g/mol. The van der Waals surface area contributed by atoms with Crippen LogP contribution in [0.15, 0.2) is 18.2 Å². The van der Waals surface area contributed by atoms with E-state index in [0.29, 0.717) is 11.1 Å². The highest BCUT2D eigenvalue weighted by molar-refractivity contribution is 5.33. The van der Waals surface area contributed by atoms with Crippen LogP contribution in [0.1, 0.15) is 30.3 Å². The molecule has 1 N–H and O–H groups in total. The number of hydrogen-bond acceptors (Lipinski definition) is 2. The molecular formula is C10H11FO2. The highest BCUT2D eigenvalue weighted by atomic mass is 19.1. The van der Waals surface area contributed by atoms with Crippen LogP contribution in [0.25, 0.3) is 0 Å². The summed E-state index contributed by atoms with van der Waals surface area (Å²) < 4.78 is 18.5. The summed E-state index contributed by atoms with van der Waals surface area (Å²) in [6.07, 6.45) is -0.957. The Morgan fingerprint density at radius 2 is 2.31 bits per heavy atom. The maximum atomic E-state index is 13.3. The van der Waals surface area contributed by atoms with E-state index < -0.39 is 6.10 Å². The topological polar surface area (TPSA) is 29.5 Å². The molecule has 70 valence electrons. The fraction of sp³-hybridized carbons (Fsp3) is 0.400. The highest BCUT2D eigenvalue weighted by Crippen LogP contribution is 2.33. The molecule has 0 saturated carbocycles. The standard InChI is InChI=1S/C10H11FO2/c1-6-10-7(9(12)5-13-6)3-2-4-8(10)11/h2-4,6,9,12H,5H2,1H3. The van der Waals surface area contributed by atoms with E-state index in [1.807, 2.05) is 0 Å². The Bertz CT molecular complexity index is 325. The van der Waals surface area contributed by atoms with Crippen LogP contribution in [-0.4, -0.2) is 11.7 Å². The van der Waals surface area contributed by atoms with Crippen molar-refractivity contribution in [2.45, 2.75) is 19.1 Å². The third kappa shape index (κ3) is 1.34. The first-order valence-corrected chi connectivity index (χ1v) is 4.28. The zero-order valence-electron chi connectivity index (χ0n) is 7.33. The number of rotatable bonds is 0. The molecule has 1 aliphatic heterocycles. The minimum atomic E-state index is -0.693. The maximum Gasteiger partial charge on any atom is 0.129 e. The molecule has 0 amide bonds. The Balaban J connectivity index is 2.56. The van der Waals surface area contributed by atoms with Gasteiger partial charge in [-0.05, 0) is 18.6 Å². The maximum absolute atomic E-state index is 13.3. The average Bonchev–Trinajstić information content (AvgIpc) is 2.12. The average molecular weight is 182 g/mol. The van der Waals surface area contributed by atoms with E-state index in [1.165, 1.54) is 6.07 Å². The van der Waals surface area contributed by atoms with E-state index in [-0.39, 0.29) is 18.5 Å². The van der Waals surface area contributed by atoms with Crippen LogP contribution in [0, 0.1) is 5.82 Å². The Labute approximate surface area is 76.0 Å². The minimum Gasteiger partial charge on any atom is -0.386 e. The molecule has 1 aromatic rings. The van der Waals surface area contributed by atoms with Crippen molar-refractivity contribution in [1.29, 1.82) is 0 Å². The summed E-state index contributed by atoms with van der Waals surface area (Å²) in [5.41, 5.74) is 1.14. The second kappa shape index (κ2) is 3.09. The molecule has 0 fully saturated rings. The summed E-state index contributed by atoms with van der Waals surface area (Å²) >= 11 is 0. The van der Waals surface area contributed by atoms with Crippen LogP contribution in [0.3, 0.4) is 0 Å². The van der Waals surface area contributed by atoms with Crippen molar-refractivity contribution < 1.29 is 14.2 Å². The second-order valence-electron chi connectivity index (χ2n) is 3.23. The van der Waals surface area contributed by atoms with Crippen molar-refractivity contribution in [1.82, 2.24) is 0 Å². The van der Waals surface area contributed by atoms with Gasteiger partial charge in [-0.3, -0.25) is 0 Å². The van der Waals surface area contributed by atoms with E-state index in [9.17, 15) is 9.50 Å². The van der Waals surface area contributed by atoms with Crippen molar-refractivity contribution >= 4 is 0 Å². The summed E-state index contributed by atoms with van der Waals surface area (Å²) in [6.45, 7) is 2.03. The molecule has 0 bridgehead atoms. The van der Waals surface area contributed by atoms with Crippen molar-refractivity contribution in [3.8, 4) is 0 Å². The molecule has 1 aliphatic rings. The summed E-state index contributed by atoms with van der Waals surface area (Å²) in [5.74, 6) is -0.302. The molecule has 0 radical (unpaired) electrons.